The average molecular weight is 505 g/mol. The van der Waals surface area contributed by atoms with Crippen LogP contribution in [0.5, 0.6) is 0 Å². The quantitative estimate of drug-likeness (QED) is 0.485. The van der Waals surface area contributed by atoms with E-state index in [1.165, 1.54) is 31.4 Å². The Balaban J connectivity index is 1.57. The highest BCUT2D eigenvalue weighted by Gasteiger charge is 2.51. The van der Waals surface area contributed by atoms with Gasteiger partial charge in [-0.05, 0) is 57.4 Å². The minimum absolute atomic E-state index is 0.207. The largest absolute Gasteiger partial charge is 0.359 e. The number of nitrogens with zero attached hydrogens (tertiary/aromatic N) is 2. The fourth-order valence-electron chi connectivity index (χ4n) is 4.99. The van der Waals surface area contributed by atoms with Crippen molar-refractivity contribution < 1.29 is 14.7 Å². The molecule has 4 rings (SSSR count). The van der Waals surface area contributed by atoms with Crippen LogP contribution in [-0.4, -0.2) is 47.1 Å². The zero-order valence-electron chi connectivity index (χ0n) is 19.4. The number of anilines is 2. The lowest BCUT2D eigenvalue weighted by Gasteiger charge is -2.42. The number of aliphatic hydroxyl groups is 1. The number of rotatable bonds is 6. The van der Waals surface area contributed by atoms with Gasteiger partial charge in [-0.2, -0.15) is 0 Å². The third kappa shape index (κ3) is 4.62. The Kier molecular flexibility index (Phi) is 7.38. The summed E-state index contributed by atoms with van der Waals surface area (Å²) in [7, 11) is 0. The molecule has 3 atom stereocenters. The van der Waals surface area contributed by atoms with E-state index in [9.17, 15) is 14.7 Å². The van der Waals surface area contributed by atoms with Crippen molar-refractivity contribution in [2.24, 2.45) is 0 Å². The molecule has 0 bridgehead atoms. The molecule has 182 valence electrons. The SMILES string of the molecule is C[C@@H]1CCC[C@@H](C)N1CCCNC(=O)[C@]1(O)c2ccccc2NC(=O)N1c1ccc(Cl)c(Cl)c1. The third-order valence-corrected chi connectivity index (χ3v) is 7.54. The predicted molar refractivity (Wildman–Crippen MR) is 135 cm³/mol. The van der Waals surface area contributed by atoms with Crippen LogP contribution in [0.4, 0.5) is 16.2 Å². The molecule has 34 heavy (non-hydrogen) atoms. The van der Waals surface area contributed by atoms with E-state index < -0.39 is 17.7 Å². The molecular weight excluding hydrogens is 475 g/mol. The van der Waals surface area contributed by atoms with Crippen LogP contribution in [-0.2, 0) is 10.5 Å². The lowest BCUT2D eigenvalue weighted by Crippen LogP contribution is -2.62. The number of fused-ring (bicyclic) bond motifs is 1. The summed E-state index contributed by atoms with van der Waals surface area (Å²) in [4.78, 5) is 30.0. The van der Waals surface area contributed by atoms with Crippen LogP contribution in [0.3, 0.4) is 0 Å². The maximum Gasteiger partial charge on any atom is 0.329 e. The molecule has 9 heteroatoms. The molecule has 2 aliphatic rings. The van der Waals surface area contributed by atoms with Crippen molar-refractivity contribution in [3.63, 3.8) is 0 Å². The first-order valence-corrected chi connectivity index (χ1v) is 12.4. The molecule has 0 radical (unpaired) electrons. The number of carbonyl (C=O) groups is 2. The van der Waals surface area contributed by atoms with Gasteiger partial charge in [0.15, 0.2) is 0 Å². The summed E-state index contributed by atoms with van der Waals surface area (Å²) in [5, 5.41) is 17.9. The molecule has 3 amide bonds. The highest BCUT2D eigenvalue weighted by Crippen LogP contribution is 2.41. The molecule has 0 saturated carbocycles. The Morgan fingerprint density at radius 3 is 2.56 bits per heavy atom. The highest BCUT2D eigenvalue weighted by atomic mass is 35.5. The number of likely N-dealkylation sites (tertiary alicyclic amines) is 1. The van der Waals surface area contributed by atoms with E-state index in [-0.39, 0.29) is 16.3 Å². The summed E-state index contributed by atoms with van der Waals surface area (Å²) in [6.07, 6.45) is 4.34. The number of nitrogens with one attached hydrogen (secondary N) is 2. The smallest absolute Gasteiger partial charge is 0.329 e. The predicted octanol–water partition coefficient (Wildman–Crippen LogP) is 4.96. The lowest BCUT2D eigenvalue weighted by atomic mass is 9.94. The fraction of sp³-hybridized carbons (Fsp3) is 0.440. The van der Waals surface area contributed by atoms with Crippen LogP contribution in [0.25, 0.3) is 0 Å². The van der Waals surface area contributed by atoms with Gasteiger partial charge in [-0.1, -0.05) is 47.8 Å². The number of amides is 3. The molecule has 7 nitrogen and oxygen atoms in total. The molecule has 2 aromatic rings. The molecule has 2 aliphatic heterocycles. The van der Waals surface area contributed by atoms with Gasteiger partial charge in [0.1, 0.15) is 0 Å². The Hall–Kier alpha value is -2.32. The Bertz CT molecular complexity index is 1070. The van der Waals surface area contributed by atoms with E-state index >= 15 is 0 Å². The van der Waals surface area contributed by atoms with Crippen LogP contribution < -0.4 is 15.5 Å². The van der Waals surface area contributed by atoms with Crippen LogP contribution in [0, 0.1) is 0 Å². The van der Waals surface area contributed by atoms with Crippen LogP contribution in [0.2, 0.25) is 10.0 Å². The summed E-state index contributed by atoms with van der Waals surface area (Å²) in [5.41, 5.74) is -1.37. The number of hydrogen-bond acceptors (Lipinski definition) is 4. The first-order valence-electron chi connectivity index (χ1n) is 11.7. The number of halogens is 2. The van der Waals surface area contributed by atoms with E-state index in [0.29, 0.717) is 29.3 Å². The molecule has 0 spiro atoms. The highest BCUT2D eigenvalue weighted by molar-refractivity contribution is 6.42. The number of para-hydroxylation sites is 1. The summed E-state index contributed by atoms with van der Waals surface area (Å²) in [5.74, 6) is -0.680. The van der Waals surface area contributed by atoms with Gasteiger partial charge in [0, 0.05) is 30.7 Å². The maximum atomic E-state index is 13.5. The summed E-state index contributed by atoms with van der Waals surface area (Å²) in [6.45, 7) is 5.71. The van der Waals surface area contributed by atoms with Crippen molar-refractivity contribution >= 4 is 46.5 Å². The van der Waals surface area contributed by atoms with E-state index in [4.69, 9.17) is 23.2 Å². The Morgan fingerprint density at radius 2 is 1.85 bits per heavy atom. The van der Waals surface area contributed by atoms with Crippen molar-refractivity contribution in [3.8, 4) is 0 Å². The van der Waals surface area contributed by atoms with Crippen LogP contribution in [0.15, 0.2) is 42.5 Å². The molecule has 2 aromatic carbocycles. The maximum absolute atomic E-state index is 13.5. The van der Waals surface area contributed by atoms with Gasteiger partial charge < -0.3 is 15.7 Å². The Morgan fingerprint density at radius 1 is 1.15 bits per heavy atom. The first kappa shape index (κ1) is 24.8. The second kappa shape index (κ2) is 10.1. The van der Waals surface area contributed by atoms with Crippen molar-refractivity contribution in [2.45, 2.75) is 57.3 Å². The van der Waals surface area contributed by atoms with Gasteiger partial charge in [-0.3, -0.25) is 14.6 Å². The minimum atomic E-state index is -2.26. The van der Waals surface area contributed by atoms with Gasteiger partial charge in [-0.15, -0.1) is 0 Å². The normalized spacial score (nSPS) is 25.0. The molecule has 1 saturated heterocycles. The number of urea groups is 1. The van der Waals surface area contributed by atoms with Gasteiger partial charge in [-0.25, -0.2) is 4.79 Å². The van der Waals surface area contributed by atoms with E-state index in [1.54, 1.807) is 30.3 Å². The average Bonchev–Trinajstić information content (AvgIpc) is 2.80. The summed E-state index contributed by atoms with van der Waals surface area (Å²) < 4.78 is 0. The molecule has 0 aromatic heterocycles. The molecule has 1 fully saturated rings. The lowest BCUT2D eigenvalue weighted by molar-refractivity contribution is -0.140. The number of piperidine rings is 1. The standard InChI is InChI=1S/C25H30Cl2N4O3/c1-16-7-5-8-17(2)30(16)14-6-13-28-23(32)25(34)19-9-3-4-10-22(19)29-24(33)31(25)18-11-12-20(26)21(27)15-18/h3-4,9-12,15-17,34H,5-8,13-14H2,1-2H3,(H,28,32)(H,29,33)/t16-,17-,25-/m1/s1. The molecule has 0 aliphatic carbocycles. The van der Waals surface area contributed by atoms with E-state index in [0.717, 1.165) is 17.9 Å². The number of carbonyl (C=O) groups excluding carboxylic acids is 2. The molecule has 3 N–H and O–H groups in total. The molecular formula is C25H30Cl2N4O3. The van der Waals surface area contributed by atoms with Crippen LogP contribution >= 0.6 is 23.2 Å². The zero-order valence-corrected chi connectivity index (χ0v) is 20.9. The van der Waals surface area contributed by atoms with Crippen molar-refractivity contribution in [1.82, 2.24) is 10.2 Å². The van der Waals surface area contributed by atoms with Gasteiger partial charge in [0.05, 0.1) is 21.4 Å². The molecule has 2 heterocycles. The Labute approximate surface area is 210 Å². The summed E-state index contributed by atoms with van der Waals surface area (Å²) in [6, 6.07) is 11.6. The monoisotopic (exact) mass is 504 g/mol. The van der Waals surface area contributed by atoms with Crippen molar-refractivity contribution in [2.75, 3.05) is 23.3 Å². The van der Waals surface area contributed by atoms with E-state index in [2.05, 4.69) is 29.4 Å². The third-order valence-electron chi connectivity index (χ3n) is 6.80. The number of benzene rings is 2. The first-order chi connectivity index (χ1) is 16.2. The fourth-order valence-corrected chi connectivity index (χ4v) is 5.28. The minimum Gasteiger partial charge on any atom is -0.359 e. The van der Waals surface area contributed by atoms with Gasteiger partial charge in [0.25, 0.3) is 11.6 Å². The van der Waals surface area contributed by atoms with Gasteiger partial charge >= 0.3 is 6.03 Å². The topological polar surface area (TPSA) is 84.9 Å². The summed E-state index contributed by atoms with van der Waals surface area (Å²) >= 11 is 12.2. The zero-order chi connectivity index (χ0) is 24.5. The van der Waals surface area contributed by atoms with Gasteiger partial charge in [0.2, 0.25) is 0 Å². The second-order valence-corrected chi connectivity index (χ2v) is 9.87. The second-order valence-electron chi connectivity index (χ2n) is 9.06. The van der Waals surface area contributed by atoms with Crippen molar-refractivity contribution in [1.29, 1.82) is 0 Å². The van der Waals surface area contributed by atoms with E-state index in [1.807, 2.05) is 0 Å². The van der Waals surface area contributed by atoms with Crippen LogP contribution in [0.1, 0.15) is 45.1 Å². The molecule has 0 unspecified atom stereocenters. The number of hydrogen-bond donors (Lipinski definition) is 3. The van der Waals surface area contributed by atoms with Crippen molar-refractivity contribution in [3.05, 3.63) is 58.1 Å².